The molecule has 1 N–H and O–H groups in total. The number of likely N-dealkylation sites (tertiary alicyclic amines) is 1. The van der Waals surface area contributed by atoms with Gasteiger partial charge in [0.1, 0.15) is 5.82 Å². The summed E-state index contributed by atoms with van der Waals surface area (Å²) in [6, 6.07) is 6.65. The zero-order valence-electron chi connectivity index (χ0n) is 22.2. The third-order valence-electron chi connectivity index (χ3n) is 7.70. The van der Waals surface area contributed by atoms with Gasteiger partial charge in [-0.05, 0) is 70.5 Å². The van der Waals surface area contributed by atoms with E-state index in [1.165, 1.54) is 4.68 Å². The zero-order chi connectivity index (χ0) is 27.9. The molecule has 1 aromatic carbocycles. The van der Waals surface area contributed by atoms with Crippen LogP contribution in [-0.4, -0.2) is 81.3 Å². The van der Waals surface area contributed by atoms with Crippen LogP contribution in [0.4, 0.5) is 30.6 Å². The molecular formula is C26H32ClF3N8O. The van der Waals surface area contributed by atoms with Crippen molar-refractivity contribution in [2.45, 2.75) is 57.4 Å². The van der Waals surface area contributed by atoms with Gasteiger partial charge in [0.05, 0.1) is 11.4 Å². The number of carbonyl (C=O) groups excluding carboxylic acids is 1. The van der Waals surface area contributed by atoms with E-state index < -0.39 is 11.9 Å². The Morgan fingerprint density at radius 1 is 1.13 bits per heavy atom. The van der Waals surface area contributed by atoms with Crippen LogP contribution in [0.15, 0.2) is 24.3 Å². The van der Waals surface area contributed by atoms with Crippen molar-refractivity contribution >= 4 is 46.0 Å². The van der Waals surface area contributed by atoms with Gasteiger partial charge in [-0.25, -0.2) is 4.68 Å². The summed E-state index contributed by atoms with van der Waals surface area (Å²) in [4.78, 5) is 28.1. The van der Waals surface area contributed by atoms with Crippen LogP contribution < -0.4 is 10.2 Å². The molecule has 210 valence electrons. The number of aromatic nitrogens is 4. The van der Waals surface area contributed by atoms with E-state index in [2.05, 4.69) is 25.3 Å². The van der Waals surface area contributed by atoms with E-state index in [-0.39, 0.29) is 41.4 Å². The Labute approximate surface area is 229 Å². The fraction of sp³-hybridized carbons (Fsp3) is 0.538. The number of aryl methyl sites for hydroxylation is 1. The minimum atomic E-state index is -4.68. The number of benzene rings is 1. The summed E-state index contributed by atoms with van der Waals surface area (Å²) < 4.78 is 43.2. The number of anilines is 3. The second-order valence-corrected chi connectivity index (χ2v) is 10.6. The Morgan fingerprint density at radius 3 is 2.41 bits per heavy atom. The minimum Gasteiger partial charge on any atom is -0.341 e. The number of nitrogens with zero attached hydrogens (tertiary/aromatic N) is 7. The van der Waals surface area contributed by atoms with Gasteiger partial charge >= 0.3 is 6.18 Å². The average molecular weight is 565 g/mol. The van der Waals surface area contributed by atoms with Crippen molar-refractivity contribution in [2.24, 2.45) is 0 Å². The van der Waals surface area contributed by atoms with Gasteiger partial charge in [-0.15, -0.1) is 0 Å². The van der Waals surface area contributed by atoms with Crippen molar-refractivity contribution in [2.75, 3.05) is 43.9 Å². The first-order chi connectivity index (χ1) is 18.6. The van der Waals surface area contributed by atoms with Crippen LogP contribution in [0.3, 0.4) is 0 Å². The van der Waals surface area contributed by atoms with Crippen LogP contribution in [-0.2, 0) is 17.5 Å². The highest BCUT2D eigenvalue weighted by Gasteiger charge is 2.40. The lowest BCUT2D eigenvalue weighted by Crippen LogP contribution is -2.50. The standard InChI is InChI=1S/C26H32ClF3N8O/c1-4-38-23-20(21(34-38)26(28,29)30)22(31-17-9-7-16(27)8-10-17)32-25(33-23)37-14-11-18(12-15-37)36(3)24(39)19-6-5-13-35(19)2/h7-10,18-19H,4-6,11-15H2,1-3H3,(H,31,32,33). The molecule has 1 atom stereocenters. The van der Waals surface area contributed by atoms with Gasteiger partial charge in [-0.2, -0.15) is 28.2 Å². The van der Waals surface area contributed by atoms with Crippen LogP contribution in [0, 0.1) is 0 Å². The molecule has 1 unspecified atom stereocenters. The molecule has 2 aliphatic rings. The molecular weight excluding hydrogens is 533 g/mol. The number of hydrogen-bond acceptors (Lipinski definition) is 7. The number of rotatable bonds is 6. The largest absolute Gasteiger partial charge is 0.435 e. The summed E-state index contributed by atoms with van der Waals surface area (Å²) in [6.45, 7) is 4.01. The first-order valence-electron chi connectivity index (χ1n) is 13.2. The minimum absolute atomic E-state index is 0.0306. The predicted molar refractivity (Wildman–Crippen MR) is 144 cm³/mol. The summed E-state index contributed by atoms with van der Waals surface area (Å²) in [5, 5.41) is 7.21. The van der Waals surface area contributed by atoms with Crippen LogP contribution in [0.2, 0.25) is 5.02 Å². The topological polar surface area (TPSA) is 82.4 Å². The van der Waals surface area contributed by atoms with Crippen molar-refractivity contribution in [3.05, 3.63) is 35.0 Å². The fourth-order valence-electron chi connectivity index (χ4n) is 5.47. The summed E-state index contributed by atoms with van der Waals surface area (Å²) in [5.74, 6) is 0.500. The lowest BCUT2D eigenvalue weighted by Gasteiger charge is -2.38. The monoisotopic (exact) mass is 564 g/mol. The van der Waals surface area contributed by atoms with E-state index in [0.29, 0.717) is 42.6 Å². The molecule has 9 nitrogen and oxygen atoms in total. The first kappa shape index (κ1) is 27.4. The second kappa shape index (κ2) is 10.8. The molecule has 13 heteroatoms. The number of halogens is 4. The molecule has 0 bridgehead atoms. The van der Waals surface area contributed by atoms with Crippen molar-refractivity contribution in [1.82, 2.24) is 29.5 Å². The van der Waals surface area contributed by atoms with Crippen LogP contribution in [0.1, 0.15) is 38.3 Å². The molecule has 5 rings (SSSR count). The number of piperidine rings is 1. The molecule has 2 aliphatic heterocycles. The van der Waals surface area contributed by atoms with E-state index in [9.17, 15) is 18.0 Å². The first-order valence-corrected chi connectivity index (χ1v) is 13.5. The number of hydrogen-bond donors (Lipinski definition) is 1. The Kier molecular flexibility index (Phi) is 7.60. The van der Waals surface area contributed by atoms with Crippen molar-refractivity contribution in [1.29, 1.82) is 0 Å². The molecule has 4 heterocycles. The molecule has 0 aliphatic carbocycles. The van der Waals surface area contributed by atoms with Crippen LogP contribution >= 0.6 is 11.6 Å². The number of nitrogens with one attached hydrogen (secondary N) is 1. The molecule has 2 saturated heterocycles. The Hall–Kier alpha value is -3.12. The summed E-state index contributed by atoms with van der Waals surface area (Å²) in [7, 11) is 3.85. The van der Waals surface area contributed by atoms with E-state index >= 15 is 0 Å². The number of likely N-dealkylation sites (N-methyl/N-ethyl adjacent to an activating group) is 2. The third kappa shape index (κ3) is 5.49. The lowest BCUT2D eigenvalue weighted by atomic mass is 10.0. The average Bonchev–Trinajstić information content (AvgIpc) is 3.52. The van der Waals surface area contributed by atoms with Gasteiger partial charge in [0.25, 0.3) is 0 Å². The number of carbonyl (C=O) groups is 1. The van der Waals surface area contributed by atoms with Gasteiger partial charge in [-0.1, -0.05) is 11.6 Å². The zero-order valence-corrected chi connectivity index (χ0v) is 22.9. The van der Waals surface area contributed by atoms with Crippen LogP contribution in [0.5, 0.6) is 0 Å². The summed E-state index contributed by atoms with van der Waals surface area (Å²) in [6.07, 6.45) is -1.36. The van der Waals surface area contributed by atoms with Crippen molar-refractivity contribution in [3.8, 4) is 0 Å². The molecule has 0 radical (unpaired) electrons. The molecule has 0 saturated carbocycles. The molecule has 3 aromatic rings. The third-order valence-corrected chi connectivity index (χ3v) is 7.96. The van der Waals surface area contributed by atoms with Gasteiger partial charge in [0.2, 0.25) is 11.9 Å². The molecule has 39 heavy (non-hydrogen) atoms. The maximum absolute atomic E-state index is 14.0. The van der Waals surface area contributed by atoms with E-state index in [1.54, 1.807) is 31.2 Å². The number of fused-ring (bicyclic) bond motifs is 1. The maximum Gasteiger partial charge on any atom is 0.435 e. The van der Waals surface area contributed by atoms with Gasteiger partial charge < -0.3 is 15.1 Å². The highest BCUT2D eigenvalue weighted by atomic mass is 35.5. The lowest BCUT2D eigenvalue weighted by molar-refractivity contribution is -0.140. The smallest absolute Gasteiger partial charge is 0.341 e. The quantitative estimate of drug-likeness (QED) is 0.461. The fourth-order valence-corrected chi connectivity index (χ4v) is 5.60. The molecule has 2 fully saturated rings. The summed E-state index contributed by atoms with van der Waals surface area (Å²) in [5.41, 5.74) is -0.374. The highest BCUT2D eigenvalue weighted by Crippen LogP contribution is 2.38. The Balaban J connectivity index is 1.44. The van der Waals surface area contributed by atoms with Crippen molar-refractivity contribution in [3.63, 3.8) is 0 Å². The van der Waals surface area contributed by atoms with E-state index in [1.807, 2.05) is 23.9 Å². The van der Waals surface area contributed by atoms with Gasteiger partial charge in [0, 0.05) is 43.4 Å². The highest BCUT2D eigenvalue weighted by molar-refractivity contribution is 6.30. The molecule has 2 aromatic heterocycles. The normalized spacial score (nSPS) is 19.2. The van der Waals surface area contributed by atoms with E-state index in [4.69, 9.17) is 11.6 Å². The molecule has 1 amide bonds. The Morgan fingerprint density at radius 2 is 1.82 bits per heavy atom. The van der Waals surface area contributed by atoms with Gasteiger partial charge in [-0.3, -0.25) is 9.69 Å². The van der Waals surface area contributed by atoms with Gasteiger partial charge in [0.15, 0.2) is 11.3 Å². The predicted octanol–water partition coefficient (Wildman–Crippen LogP) is 4.78. The summed E-state index contributed by atoms with van der Waals surface area (Å²) >= 11 is 5.99. The van der Waals surface area contributed by atoms with Crippen LogP contribution in [0.25, 0.3) is 11.0 Å². The second-order valence-electron chi connectivity index (χ2n) is 10.2. The number of alkyl halides is 3. The van der Waals surface area contributed by atoms with Crippen molar-refractivity contribution < 1.29 is 18.0 Å². The maximum atomic E-state index is 14.0. The SMILES string of the molecule is CCn1nc(C(F)(F)F)c2c(Nc3ccc(Cl)cc3)nc(N3CCC(N(C)C(=O)C4CCCN4C)CC3)nc21. The molecule has 0 spiro atoms. The van der Waals surface area contributed by atoms with E-state index in [0.717, 1.165) is 19.4 Å². The Bertz CT molecular complexity index is 1340. The number of amides is 1.